The summed E-state index contributed by atoms with van der Waals surface area (Å²) in [5.41, 5.74) is -0.346. The van der Waals surface area contributed by atoms with Crippen molar-refractivity contribution in [3.05, 3.63) is 29.3 Å². The molecule has 1 aromatic carbocycles. The molecule has 0 aromatic heterocycles. The van der Waals surface area contributed by atoms with E-state index in [0.717, 1.165) is 18.9 Å². The summed E-state index contributed by atoms with van der Waals surface area (Å²) in [6, 6.07) is 4.11. The number of alkyl halides is 3. The Morgan fingerprint density at radius 1 is 0.912 bits per heavy atom. The summed E-state index contributed by atoms with van der Waals surface area (Å²) in [5, 5.41) is 0. The Bertz CT molecular complexity index is 876. The van der Waals surface area contributed by atoms with Crippen molar-refractivity contribution in [2.45, 2.75) is 103 Å². The van der Waals surface area contributed by atoms with Crippen molar-refractivity contribution >= 4 is 5.69 Å². The second-order valence-corrected chi connectivity index (χ2v) is 11.2. The van der Waals surface area contributed by atoms with Gasteiger partial charge in [-0.15, -0.1) is 0 Å². The van der Waals surface area contributed by atoms with E-state index < -0.39 is 11.7 Å². The van der Waals surface area contributed by atoms with Gasteiger partial charge in [0.2, 0.25) is 0 Å². The number of piperidine rings is 1. The maximum Gasteiger partial charge on any atom is 0.418 e. The zero-order valence-electron chi connectivity index (χ0n) is 21.2. The molecule has 2 aliphatic rings. The molecule has 1 aliphatic carbocycles. The summed E-state index contributed by atoms with van der Waals surface area (Å²) in [6.45, 7) is 13.2. The van der Waals surface area contributed by atoms with E-state index >= 15 is 0 Å². The van der Waals surface area contributed by atoms with Crippen LogP contribution >= 0.6 is 0 Å². The third-order valence-corrected chi connectivity index (χ3v) is 5.85. The first kappa shape index (κ1) is 26.8. The Hall–Kier alpha value is -1.75. The first-order valence-corrected chi connectivity index (χ1v) is 12.1. The zero-order valence-corrected chi connectivity index (χ0v) is 21.2. The lowest BCUT2D eigenvalue weighted by Gasteiger charge is -2.42. The van der Waals surface area contributed by atoms with Gasteiger partial charge in [-0.2, -0.15) is 13.2 Å². The first-order chi connectivity index (χ1) is 15.7. The molecule has 1 saturated heterocycles. The van der Waals surface area contributed by atoms with Crippen molar-refractivity contribution in [2.24, 2.45) is 0 Å². The van der Waals surface area contributed by atoms with Crippen LogP contribution in [0.25, 0.3) is 0 Å². The van der Waals surface area contributed by atoms with E-state index in [9.17, 15) is 13.2 Å². The number of nitrogens with zero attached hydrogens (tertiary/aromatic N) is 1. The van der Waals surface area contributed by atoms with Crippen LogP contribution in [0.3, 0.4) is 0 Å². The minimum absolute atomic E-state index is 0.0729. The Balaban J connectivity index is 1.59. The molecule has 0 radical (unpaired) electrons. The van der Waals surface area contributed by atoms with Gasteiger partial charge in [0.1, 0.15) is 6.61 Å². The highest BCUT2D eigenvalue weighted by molar-refractivity contribution is 5.59. The average Bonchev–Trinajstić information content (AvgIpc) is 2.67. The molecule has 1 saturated carbocycles. The number of anilines is 1. The van der Waals surface area contributed by atoms with Gasteiger partial charge in [-0.3, -0.25) is 0 Å². The predicted molar refractivity (Wildman–Crippen MR) is 128 cm³/mol. The summed E-state index contributed by atoms with van der Waals surface area (Å²) in [6.07, 6.45) is -0.755. The quantitative estimate of drug-likeness (QED) is 0.469. The van der Waals surface area contributed by atoms with Crippen molar-refractivity contribution in [3.63, 3.8) is 0 Å². The van der Waals surface area contributed by atoms with Crippen molar-refractivity contribution in [1.29, 1.82) is 0 Å². The van der Waals surface area contributed by atoms with Crippen molar-refractivity contribution < 1.29 is 27.4 Å². The van der Waals surface area contributed by atoms with Gasteiger partial charge in [0.15, 0.2) is 0 Å². The maximum atomic E-state index is 13.7. The van der Waals surface area contributed by atoms with Gasteiger partial charge < -0.3 is 19.1 Å². The topological polar surface area (TPSA) is 30.9 Å². The minimum Gasteiger partial charge on any atom is -0.375 e. The van der Waals surface area contributed by atoms with E-state index in [0.29, 0.717) is 31.5 Å². The Morgan fingerprint density at radius 2 is 1.56 bits per heavy atom. The molecule has 0 bridgehead atoms. The Labute approximate surface area is 202 Å². The largest absolute Gasteiger partial charge is 0.418 e. The van der Waals surface area contributed by atoms with Gasteiger partial charge in [0.05, 0.1) is 40.8 Å². The van der Waals surface area contributed by atoms with Crippen LogP contribution in [0, 0.1) is 11.8 Å². The second kappa shape index (κ2) is 10.5. The van der Waals surface area contributed by atoms with Crippen LogP contribution in [-0.2, 0) is 20.4 Å². The minimum atomic E-state index is -4.42. The molecule has 34 heavy (non-hydrogen) atoms. The molecular formula is C27H38F3NO3. The molecule has 1 aliphatic heterocycles. The first-order valence-electron chi connectivity index (χ1n) is 12.1. The van der Waals surface area contributed by atoms with Crippen LogP contribution in [0.2, 0.25) is 0 Å². The van der Waals surface area contributed by atoms with Crippen LogP contribution in [0.4, 0.5) is 18.9 Å². The molecule has 4 nitrogen and oxygen atoms in total. The van der Waals surface area contributed by atoms with Crippen molar-refractivity contribution in [3.8, 4) is 11.8 Å². The monoisotopic (exact) mass is 481 g/mol. The third kappa shape index (κ3) is 8.18. The number of halogens is 3. The van der Waals surface area contributed by atoms with Crippen LogP contribution in [0.5, 0.6) is 0 Å². The molecule has 3 rings (SSSR count). The van der Waals surface area contributed by atoms with E-state index in [2.05, 4.69) is 11.8 Å². The molecular weight excluding hydrogens is 443 g/mol. The number of hydrogen-bond donors (Lipinski definition) is 0. The summed E-state index contributed by atoms with van der Waals surface area (Å²) < 4.78 is 58.9. The Morgan fingerprint density at radius 3 is 2.12 bits per heavy atom. The molecule has 0 atom stereocenters. The van der Waals surface area contributed by atoms with Gasteiger partial charge in [-0.25, -0.2) is 0 Å². The van der Waals surface area contributed by atoms with E-state index in [1.807, 2.05) is 46.4 Å². The molecule has 1 aromatic rings. The lowest BCUT2D eigenvalue weighted by Crippen LogP contribution is -2.45. The lowest BCUT2D eigenvalue weighted by atomic mass is 9.90. The van der Waals surface area contributed by atoms with E-state index in [-0.39, 0.29) is 41.8 Å². The summed E-state index contributed by atoms with van der Waals surface area (Å²) in [7, 11) is 0. The lowest BCUT2D eigenvalue weighted by molar-refractivity contribution is -0.164. The summed E-state index contributed by atoms with van der Waals surface area (Å²) >= 11 is 0. The molecule has 7 heteroatoms. The van der Waals surface area contributed by atoms with Gasteiger partial charge in [0, 0.05) is 18.7 Å². The fourth-order valence-corrected chi connectivity index (χ4v) is 4.23. The van der Waals surface area contributed by atoms with Crippen LogP contribution in [0.1, 0.15) is 78.4 Å². The highest BCUT2D eigenvalue weighted by atomic mass is 19.4. The molecule has 0 spiro atoms. The number of benzene rings is 1. The molecule has 2 fully saturated rings. The van der Waals surface area contributed by atoms with E-state index in [1.54, 1.807) is 6.07 Å². The van der Waals surface area contributed by atoms with Gasteiger partial charge in [-0.05, 0) is 85.4 Å². The summed E-state index contributed by atoms with van der Waals surface area (Å²) in [4.78, 5) is 1.81. The van der Waals surface area contributed by atoms with E-state index in [4.69, 9.17) is 14.2 Å². The molecule has 1 heterocycles. The highest BCUT2D eigenvalue weighted by Crippen LogP contribution is 2.39. The zero-order chi connectivity index (χ0) is 25.1. The predicted octanol–water partition coefficient (Wildman–Crippen LogP) is 6.20. The van der Waals surface area contributed by atoms with Gasteiger partial charge >= 0.3 is 6.18 Å². The third-order valence-electron chi connectivity index (χ3n) is 5.85. The van der Waals surface area contributed by atoms with Crippen LogP contribution in [0.15, 0.2) is 18.2 Å². The molecule has 190 valence electrons. The molecule has 0 unspecified atom stereocenters. The number of hydrogen-bond acceptors (Lipinski definition) is 4. The van der Waals surface area contributed by atoms with Crippen LogP contribution in [-0.4, -0.2) is 49.2 Å². The number of ether oxygens (including phenoxy) is 3. The highest BCUT2D eigenvalue weighted by Gasteiger charge is 2.38. The fraction of sp³-hybridized carbons (Fsp3) is 0.704. The fourth-order valence-electron chi connectivity index (χ4n) is 4.23. The van der Waals surface area contributed by atoms with Gasteiger partial charge in [0.25, 0.3) is 0 Å². The van der Waals surface area contributed by atoms with E-state index in [1.165, 1.54) is 6.07 Å². The number of rotatable bonds is 5. The maximum absolute atomic E-state index is 13.7. The van der Waals surface area contributed by atoms with Crippen LogP contribution < -0.4 is 4.90 Å². The molecule has 0 N–H and O–H groups in total. The SMILES string of the molecule is CC(C)(C)OCC#Cc1ccc(C(F)(F)F)c(N2CCC(OC3CC(OC(C)(C)C)C3)CC2)c1. The Kier molecular flexibility index (Phi) is 8.27. The normalized spacial score (nSPS) is 22.2. The van der Waals surface area contributed by atoms with Gasteiger partial charge in [-0.1, -0.05) is 11.8 Å². The smallest absolute Gasteiger partial charge is 0.375 e. The van der Waals surface area contributed by atoms with Crippen molar-refractivity contribution in [2.75, 3.05) is 24.6 Å². The summed E-state index contributed by atoms with van der Waals surface area (Å²) in [5.74, 6) is 5.84. The standard InChI is InChI=1S/C27H38F3NO3/c1-25(2,3)32-15-7-8-19-9-10-23(27(28,29)30)24(16-19)31-13-11-20(12-14-31)33-21-17-22(18-21)34-26(4,5)6/h9-10,16,20-22H,11-15,17-18H2,1-6H3. The molecule has 0 amide bonds. The average molecular weight is 482 g/mol. The van der Waals surface area contributed by atoms with Crippen molar-refractivity contribution in [1.82, 2.24) is 0 Å². The second-order valence-electron chi connectivity index (χ2n) is 11.2.